The maximum absolute atomic E-state index is 11.3. The van der Waals surface area contributed by atoms with Crippen molar-refractivity contribution in [2.45, 2.75) is 13.8 Å². The molecule has 0 bridgehead atoms. The van der Waals surface area contributed by atoms with Crippen molar-refractivity contribution in [3.63, 3.8) is 0 Å². The highest BCUT2D eigenvalue weighted by Gasteiger charge is 2.08. The van der Waals surface area contributed by atoms with Crippen LogP contribution in [-0.4, -0.2) is 44.2 Å². The zero-order valence-corrected chi connectivity index (χ0v) is 14.2. The van der Waals surface area contributed by atoms with Crippen LogP contribution in [-0.2, 0) is 9.53 Å². The lowest BCUT2D eigenvalue weighted by Crippen LogP contribution is -2.31. The Labute approximate surface area is 141 Å². The molecule has 23 heavy (non-hydrogen) atoms. The van der Waals surface area contributed by atoms with Gasteiger partial charge in [0.05, 0.1) is 19.9 Å². The fraction of sp³-hybridized carbons (Fsp3) is 0.400. The fourth-order valence-corrected chi connectivity index (χ4v) is 1.79. The van der Waals surface area contributed by atoms with E-state index < -0.39 is 5.97 Å². The first-order chi connectivity index (χ1) is 11.1. The predicted octanol–water partition coefficient (Wildman–Crippen LogP) is 1.46. The number of nitrogens with zero attached hydrogens (tertiary/aromatic N) is 1. The van der Waals surface area contributed by atoms with Crippen molar-refractivity contribution >= 4 is 29.5 Å². The third-order valence-electron chi connectivity index (χ3n) is 2.56. The van der Waals surface area contributed by atoms with Crippen molar-refractivity contribution in [3.8, 4) is 11.5 Å². The quantitative estimate of drug-likeness (QED) is 0.321. The van der Waals surface area contributed by atoms with E-state index in [1.165, 1.54) is 7.11 Å². The van der Waals surface area contributed by atoms with Crippen LogP contribution < -0.4 is 20.2 Å². The minimum absolute atomic E-state index is 0.170. The highest BCUT2D eigenvalue weighted by Crippen LogP contribution is 2.27. The molecular formula is C15H21N3O4S. The Balaban J connectivity index is 2.66. The van der Waals surface area contributed by atoms with E-state index in [2.05, 4.69) is 15.8 Å². The van der Waals surface area contributed by atoms with Crippen LogP contribution in [0.4, 0.5) is 0 Å². The highest BCUT2D eigenvalue weighted by molar-refractivity contribution is 7.80. The van der Waals surface area contributed by atoms with Gasteiger partial charge in [-0.15, -0.1) is 0 Å². The van der Waals surface area contributed by atoms with Crippen molar-refractivity contribution in [1.29, 1.82) is 0 Å². The zero-order chi connectivity index (χ0) is 17.1. The predicted molar refractivity (Wildman–Crippen MR) is 92.1 cm³/mol. The van der Waals surface area contributed by atoms with Gasteiger partial charge < -0.3 is 19.5 Å². The van der Waals surface area contributed by atoms with Gasteiger partial charge in [-0.3, -0.25) is 5.43 Å². The molecule has 1 aromatic carbocycles. The molecule has 126 valence electrons. The maximum atomic E-state index is 11.3. The molecule has 0 amide bonds. The minimum Gasteiger partial charge on any atom is -0.493 e. The van der Waals surface area contributed by atoms with Crippen LogP contribution in [0.3, 0.4) is 0 Å². The van der Waals surface area contributed by atoms with Gasteiger partial charge in [-0.1, -0.05) is 0 Å². The molecule has 7 nitrogen and oxygen atoms in total. The Morgan fingerprint density at radius 3 is 2.78 bits per heavy atom. The molecule has 0 unspecified atom stereocenters. The largest absolute Gasteiger partial charge is 0.493 e. The number of esters is 1. The molecule has 0 heterocycles. The van der Waals surface area contributed by atoms with Crippen molar-refractivity contribution < 1.29 is 19.0 Å². The van der Waals surface area contributed by atoms with Crippen LogP contribution in [0.2, 0.25) is 0 Å². The molecule has 0 aliphatic rings. The number of benzene rings is 1. The molecule has 0 fully saturated rings. The third kappa shape index (κ3) is 6.96. The van der Waals surface area contributed by atoms with Gasteiger partial charge in [0.25, 0.3) is 0 Å². The summed E-state index contributed by atoms with van der Waals surface area (Å²) in [4.78, 5) is 11.3. The Kier molecular flexibility index (Phi) is 8.45. The van der Waals surface area contributed by atoms with Gasteiger partial charge in [0.15, 0.2) is 23.2 Å². The molecule has 0 atom stereocenters. The van der Waals surface area contributed by atoms with Gasteiger partial charge in [0.2, 0.25) is 0 Å². The number of hydrazone groups is 1. The van der Waals surface area contributed by atoms with Crippen LogP contribution in [0.1, 0.15) is 19.4 Å². The van der Waals surface area contributed by atoms with E-state index in [0.29, 0.717) is 23.2 Å². The molecule has 0 aliphatic carbocycles. The van der Waals surface area contributed by atoms with E-state index in [1.54, 1.807) is 31.3 Å². The lowest BCUT2D eigenvalue weighted by atomic mass is 10.2. The summed E-state index contributed by atoms with van der Waals surface area (Å²) in [6.45, 7) is 4.55. The second-order valence-electron chi connectivity index (χ2n) is 4.23. The maximum Gasteiger partial charge on any atom is 0.344 e. The van der Waals surface area contributed by atoms with Gasteiger partial charge in [0, 0.05) is 6.54 Å². The standard InChI is InChI=1S/C15H21N3O4S/c1-4-16-15(23)18-17-9-11-6-7-12(13(8-11)20-3)22-10-14(19)21-5-2/h6-9H,4-5,10H2,1-3H3,(H2,16,18,23). The molecule has 2 N–H and O–H groups in total. The number of methoxy groups -OCH3 is 1. The Bertz CT molecular complexity index is 564. The van der Waals surface area contributed by atoms with Gasteiger partial charge in [0.1, 0.15) is 0 Å². The molecule has 0 saturated heterocycles. The van der Waals surface area contributed by atoms with Crippen molar-refractivity contribution in [3.05, 3.63) is 23.8 Å². The third-order valence-corrected chi connectivity index (χ3v) is 2.79. The van der Waals surface area contributed by atoms with Crippen molar-refractivity contribution in [2.75, 3.05) is 26.9 Å². The van der Waals surface area contributed by atoms with E-state index in [1.807, 2.05) is 6.92 Å². The summed E-state index contributed by atoms with van der Waals surface area (Å²) < 4.78 is 15.4. The van der Waals surface area contributed by atoms with E-state index in [0.717, 1.165) is 12.1 Å². The summed E-state index contributed by atoms with van der Waals surface area (Å²) in [6, 6.07) is 5.22. The highest BCUT2D eigenvalue weighted by atomic mass is 32.1. The number of rotatable bonds is 8. The van der Waals surface area contributed by atoms with Crippen LogP contribution in [0.5, 0.6) is 11.5 Å². The number of carbonyl (C=O) groups excluding carboxylic acids is 1. The number of thiocarbonyl (C=S) groups is 1. The molecule has 8 heteroatoms. The van der Waals surface area contributed by atoms with Crippen molar-refractivity contribution in [2.24, 2.45) is 5.10 Å². The SMILES string of the molecule is CCNC(=S)NN=Cc1ccc(OCC(=O)OCC)c(OC)c1. The molecule has 0 aromatic heterocycles. The number of nitrogens with one attached hydrogen (secondary N) is 2. The Morgan fingerprint density at radius 1 is 1.35 bits per heavy atom. The average Bonchev–Trinajstić information content (AvgIpc) is 2.54. The van der Waals surface area contributed by atoms with Crippen LogP contribution in [0.25, 0.3) is 0 Å². The van der Waals surface area contributed by atoms with Gasteiger partial charge in [-0.25, -0.2) is 4.79 Å². The second kappa shape index (κ2) is 10.4. The first kappa shape index (κ1) is 18.7. The number of hydrogen-bond donors (Lipinski definition) is 2. The fourth-order valence-electron chi connectivity index (χ4n) is 1.59. The first-order valence-electron chi connectivity index (χ1n) is 7.14. The van der Waals surface area contributed by atoms with Gasteiger partial charge in [-0.05, 0) is 49.8 Å². The number of hydrogen-bond acceptors (Lipinski definition) is 6. The Hall–Kier alpha value is -2.35. The lowest BCUT2D eigenvalue weighted by Gasteiger charge is -2.10. The van der Waals surface area contributed by atoms with E-state index >= 15 is 0 Å². The Morgan fingerprint density at radius 2 is 2.13 bits per heavy atom. The smallest absolute Gasteiger partial charge is 0.344 e. The number of carbonyl (C=O) groups is 1. The lowest BCUT2D eigenvalue weighted by molar-refractivity contribution is -0.145. The normalized spacial score (nSPS) is 10.2. The molecular weight excluding hydrogens is 318 g/mol. The van der Waals surface area contributed by atoms with E-state index in [4.69, 9.17) is 26.4 Å². The molecule has 1 aromatic rings. The second-order valence-corrected chi connectivity index (χ2v) is 4.64. The number of ether oxygens (including phenoxy) is 3. The van der Waals surface area contributed by atoms with E-state index in [9.17, 15) is 4.79 Å². The summed E-state index contributed by atoms with van der Waals surface area (Å²) >= 11 is 4.99. The van der Waals surface area contributed by atoms with Crippen LogP contribution in [0, 0.1) is 0 Å². The first-order valence-corrected chi connectivity index (χ1v) is 7.54. The monoisotopic (exact) mass is 339 g/mol. The summed E-state index contributed by atoms with van der Waals surface area (Å²) in [5.41, 5.74) is 3.48. The van der Waals surface area contributed by atoms with E-state index in [-0.39, 0.29) is 6.61 Å². The molecule has 0 saturated carbocycles. The average molecular weight is 339 g/mol. The summed E-state index contributed by atoms with van der Waals surface area (Å²) in [5, 5.41) is 7.38. The van der Waals surface area contributed by atoms with Crippen LogP contribution >= 0.6 is 12.2 Å². The van der Waals surface area contributed by atoms with Crippen LogP contribution in [0.15, 0.2) is 23.3 Å². The minimum atomic E-state index is -0.429. The summed E-state index contributed by atoms with van der Waals surface area (Å²) in [7, 11) is 1.52. The summed E-state index contributed by atoms with van der Waals surface area (Å²) in [5.74, 6) is 0.516. The summed E-state index contributed by atoms with van der Waals surface area (Å²) in [6.07, 6.45) is 1.60. The molecule has 0 aliphatic heterocycles. The topological polar surface area (TPSA) is 81.2 Å². The molecule has 0 spiro atoms. The van der Waals surface area contributed by atoms with Gasteiger partial charge >= 0.3 is 5.97 Å². The molecule has 1 rings (SSSR count). The zero-order valence-electron chi connectivity index (χ0n) is 13.4. The molecule has 0 radical (unpaired) electrons. The van der Waals surface area contributed by atoms with Gasteiger partial charge in [-0.2, -0.15) is 5.10 Å². The van der Waals surface area contributed by atoms with Crippen molar-refractivity contribution in [1.82, 2.24) is 10.7 Å².